The standard InChI is InChI=1S/C14H24N2OS/c1-14(2,3)13-16-10-12(18-13)9-15-7-6-11-5-4-8-17-11/h10-11,15H,4-9H2,1-3H3. The van der Waals surface area contributed by atoms with Crippen molar-refractivity contribution in [2.75, 3.05) is 13.2 Å². The van der Waals surface area contributed by atoms with Crippen LogP contribution in [0.4, 0.5) is 0 Å². The topological polar surface area (TPSA) is 34.2 Å². The molecule has 4 heteroatoms. The fourth-order valence-electron chi connectivity index (χ4n) is 2.08. The largest absolute Gasteiger partial charge is 0.378 e. The molecular formula is C14H24N2OS. The summed E-state index contributed by atoms with van der Waals surface area (Å²) >= 11 is 1.82. The molecule has 0 aliphatic carbocycles. The highest BCUT2D eigenvalue weighted by Gasteiger charge is 2.18. The molecule has 0 spiro atoms. The van der Waals surface area contributed by atoms with Crippen molar-refractivity contribution in [2.24, 2.45) is 0 Å². The van der Waals surface area contributed by atoms with Crippen LogP contribution in [-0.4, -0.2) is 24.2 Å². The second-order valence-electron chi connectivity index (χ2n) is 5.98. The lowest BCUT2D eigenvalue weighted by Crippen LogP contribution is -2.19. The molecule has 0 bridgehead atoms. The molecule has 1 aromatic heterocycles. The summed E-state index contributed by atoms with van der Waals surface area (Å²) in [4.78, 5) is 5.82. The highest BCUT2D eigenvalue weighted by atomic mass is 32.1. The van der Waals surface area contributed by atoms with Crippen molar-refractivity contribution in [1.82, 2.24) is 10.3 Å². The van der Waals surface area contributed by atoms with Gasteiger partial charge < -0.3 is 10.1 Å². The molecule has 1 aromatic rings. The second-order valence-corrected chi connectivity index (χ2v) is 7.10. The Hall–Kier alpha value is -0.450. The van der Waals surface area contributed by atoms with Gasteiger partial charge in [-0.3, -0.25) is 0 Å². The molecule has 1 fully saturated rings. The van der Waals surface area contributed by atoms with E-state index in [0.29, 0.717) is 6.10 Å². The van der Waals surface area contributed by atoms with Gasteiger partial charge in [0.05, 0.1) is 11.1 Å². The van der Waals surface area contributed by atoms with Gasteiger partial charge in [-0.2, -0.15) is 0 Å². The maximum atomic E-state index is 5.60. The van der Waals surface area contributed by atoms with Crippen LogP contribution >= 0.6 is 11.3 Å². The number of thiazole rings is 1. The predicted octanol–water partition coefficient (Wildman–Crippen LogP) is 3.10. The first-order valence-electron chi connectivity index (χ1n) is 6.83. The van der Waals surface area contributed by atoms with E-state index in [9.17, 15) is 0 Å². The van der Waals surface area contributed by atoms with Crippen molar-refractivity contribution < 1.29 is 4.74 Å². The van der Waals surface area contributed by atoms with Crippen molar-refractivity contribution in [2.45, 2.75) is 58.1 Å². The third kappa shape index (κ3) is 4.04. The zero-order chi connectivity index (χ0) is 13.0. The minimum absolute atomic E-state index is 0.167. The van der Waals surface area contributed by atoms with E-state index in [-0.39, 0.29) is 5.41 Å². The molecule has 0 saturated carbocycles. The van der Waals surface area contributed by atoms with Crippen LogP contribution in [0.1, 0.15) is 49.9 Å². The fraction of sp³-hybridized carbons (Fsp3) is 0.786. The third-order valence-corrected chi connectivity index (χ3v) is 4.58. The van der Waals surface area contributed by atoms with Crippen LogP contribution in [0.15, 0.2) is 6.20 Å². The smallest absolute Gasteiger partial charge is 0.0981 e. The summed E-state index contributed by atoms with van der Waals surface area (Å²) in [5, 5.41) is 4.70. The van der Waals surface area contributed by atoms with E-state index in [1.807, 2.05) is 17.5 Å². The molecule has 2 rings (SSSR count). The number of ether oxygens (including phenoxy) is 1. The van der Waals surface area contributed by atoms with E-state index in [2.05, 4.69) is 31.1 Å². The number of hydrogen-bond donors (Lipinski definition) is 1. The Kier molecular flexibility index (Phi) is 4.76. The van der Waals surface area contributed by atoms with Crippen molar-refractivity contribution >= 4 is 11.3 Å². The fourth-order valence-corrected chi connectivity index (χ4v) is 3.02. The minimum atomic E-state index is 0.167. The molecule has 1 aliphatic heterocycles. The summed E-state index contributed by atoms with van der Waals surface area (Å²) < 4.78 is 5.60. The molecular weight excluding hydrogens is 244 g/mol. The molecule has 0 radical (unpaired) electrons. The number of nitrogens with zero attached hydrogens (tertiary/aromatic N) is 1. The van der Waals surface area contributed by atoms with Gasteiger partial charge in [0.15, 0.2) is 0 Å². The molecule has 2 heterocycles. The average molecular weight is 268 g/mol. The first kappa shape index (κ1) is 14.0. The SMILES string of the molecule is CC(C)(C)c1ncc(CNCCC2CCCO2)s1. The Labute approximate surface area is 114 Å². The van der Waals surface area contributed by atoms with Gasteiger partial charge in [0.25, 0.3) is 0 Å². The van der Waals surface area contributed by atoms with Crippen molar-refractivity contribution in [1.29, 1.82) is 0 Å². The lowest BCUT2D eigenvalue weighted by molar-refractivity contribution is 0.104. The highest BCUT2D eigenvalue weighted by Crippen LogP contribution is 2.26. The Bertz CT molecular complexity index is 364. The summed E-state index contributed by atoms with van der Waals surface area (Å²) in [5.74, 6) is 0. The summed E-state index contributed by atoms with van der Waals surface area (Å²) in [7, 11) is 0. The molecule has 102 valence electrons. The molecule has 1 unspecified atom stereocenters. The van der Waals surface area contributed by atoms with Crippen molar-refractivity contribution in [3.63, 3.8) is 0 Å². The molecule has 1 aliphatic rings. The van der Waals surface area contributed by atoms with E-state index in [1.165, 1.54) is 22.7 Å². The molecule has 1 saturated heterocycles. The summed E-state index contributed by atoms with van der Waals surface area (Å²) in [5.41, 5.74) is 0.167. The monoisotopic (exact) mass is 268 g/mol. The van der Waals surface area contributed by atoms with Crippen LogP contribution in [-0.2, 0) is 16.7 Å². The van der Waals surface area contributed by atoms with E-state index >= 15 is 0 Å². The first-order valence-corrected chi connectivity index (χ1v) is 7.65. The summed E-state index contributed by atoms with van der Waals surface area (Å²) in [6.45, 7) is 9.55. The number of rotatable bonds is 5. The second kappa shape index (κ2) is 6.13. The van der Waals surface area contributed by atoms with Crippen LogP contribution < -0.4 is 5.32 Å². The number of nitrogens with one attached hydrogen (secondary N) is 1. The maximum Gasteiger partial charge on any atom is 0.0981 e. The molecule has 18 heavy (non-hydrogen) atoms. The Morgan fingerprint density at radius 3 is 2.94 bits per heavy atom. The molecule has 1 atom stereocenters. The number of aromatic nitrogens is 1. The van der Waals surface area contributed by atoms with E-state index in [4.69, 9.17) is 4.74 Å². The van der Waals surface area contributed by atoms with Crippen LogP contribution in [0.3, 0.4) is 0 Å². The van der Waals surface area contributed by atoms with Gasteiger partial charge in [-0.1, -0.05) is 20.8 Å². The van der Waals surface area contributed by atoms with E-state index < -0.39 is 0 Å². The zero-order valence-electron chi connectivity index (χ0n) is 11.7. The average Bonchev–Trinajstić information content (AvgIpc) is 2.95. The van der Waals surface area contributed by atoms with Gasteiger partial charge in [0.2, 0.25) is 0 Å². The lowest BCUT2D eigenvalue weighted by Gasteiger charge is -2.13. The molecule has 1 N–H and O–H groups in total. The minimum Gasteiger partial charge on any atom is -0.378 e. The Morgan fingerprint density at radius 1 is 1.50 bits per heavy atom. The first-order chi connectivity index (χ1) is 8.55. The predicted molar refractivity (Wildman–Crippen MR) is 76.1 cm³/mol. The Morgan fingerprint density at radius 2 is 2.33 bits per heavy atom. The Balaban J connectivity index is 1.68. The summed E-state index contributed by atoms with van der Waals surface area (Å²) in [6, 6.07) is 0. The van der Waals surface area contributed by atoms with Gasteiger partial charge in [0, 0.05) is 29.6 Å². The van der Waals surface area contributed by atoms with Gasteiger partial charge in [-0.25, -0.2) is 4.98 Å². The number of hydrogen-bond acceptors (Lipinski definition) is 4. The van der Waals surface area contributed by atoms with Gasteiger partial charge in [0.1, 0.15) is 0 Å². The molecule has 3 nitrogen and oxygen atoms in total. The summed E-state index contributed by atoms with van der Waals surface area (Å²) in [6.07, 6.45) is 6.09. The van der Waals surface area contributed by atoms with Crippen LogP contribution in [0.5, 0.6) is 0 Å². The molecule has 0 amide bonds. The van der Waals surface area contributed by atoms with Crippen molar-refractivity contribution in [3.05, 3.63) is 16.1 Å². The normalized spacial score (nSPS) is 20.5. The zero-order valence-corrected chi connectivity index (χ0v) is 12.5. The van der Waals surface area contributed by atoms with Crippen LogP contribution in [0.25, 0.3) is 0 Å². The lowest BCUT2D eigenvalue weighted by atomic mass is 9.98. The van der Waals surface area contributed by atoms with Crippen LogP contribution in [0.2, 0.25) is 0 Å². The van der Waals surface area contributed by atoms with Gasteiger partial charge >= 0.3 is 0 Å². The van der Waals surface area contributed by atoms with E-state index in [1.54, 1.807) is 0 Å². The van der Waals surface area contributed by atoms with Crippen LogP contribution in [0, 0.1) is 0 Å². The quantitative estimate of drug-likeness (QED) is 0.833. The van der Waals surface area contributed by atoms with Crippen molar-refractivity contribution in [3.8, 4) is 0 Å². The van der Waals surface area contributed by atoms with Gasteiger partial charge in [-0.15, -0.1) is 11.3 Å². The maximum absolute atomic E-state index is 5.60. The highest BCUT2D eigenvalue weighted by molar-refractivity contribution is 7.11. The van der Waals surface area contributed by atoms with Gasteiger partial charge in [-0.05, 0) is 25.8 Å². The van der Waals surface area contributed by atoms with E-state index in [0.717, 1.165) is 26.1 Å². The third-order valence-electron chi connectivity index (χ3n) is 3.16. The molecule has 0 aromatic carbocycles.